The van der Waals surface area contributed by atoms with E-state index in [1.54, 1.807) is 11.8 Å². The molecule has 1 heterocycles. The van der Waals surface area contributed by atoms with Gasteiger partial charge in [-0.25, -0.2) is 0 Å². The average Bonchev–Trinajstić information content (AvgIpc) is 2.90. The van der Waals surface area contributed by atoms with Gasteiger partial charge in [-0.15, -0.1) is 0 Å². The minimum Gasteiger partial charge on any atom is -0.312 e. The number of rotatable bonds is 7. The molecule has 1 aliphatic heterocycles. The molecule has 0 aromatic heterocycles. The van der Waals surface area contributed by atoms with Crippen LogP contribution in [0.4, 0.5) is 5.69 Å². The van der Waals surface area contributed by atoms with Gasteiger partial charge in [0.05, 0.1) is 6.54 Å². The Morgan fingerprint density at radius 2 is 2.10 bits per heavy atom. The van der Waals surface area contributed by atoms with Crippen molar-refractivity contribution in [3.63, 3.8) is 0 Å². The summed E-state index contributed by atoms with van der Waals surface area (Å²) < 4.78 is 0. The highest BCUT2D eigenvalue weighted by molar-refractivity contribution is 5.99. The van der Waals surface area contributed by atoms with E-state index in [1.165, 1.54) is 12.8 Å². The third-order valence-electron chi connectivity index (χ3n) is 3.92. The van der Waals surface area contributed by atoms with Gasteiger partial charge in [0.2, 0.25) is 5.91 Å². The second-order valence-electron chi connectivity index (χ2n) is 5.57. The maximum atomic E-state index is 12.1. The summed E-state index contributed by atoms with van der Waals surface area (Å²) in [5, 5.41) is 3.20. The van der Waals surface area contributed by atoms with E-state index in [1.807, 2.05) is 18.2 Å². The number of ketones is 1. The molecule has 0 saturated heterocycles. The largest absolute Gasteiger partial charge is 0.312 e. The number of hydrogen-bond donors (Lipinski definition) is 1. The first-order chi connectivity index (χ1) is 10.1. The van der Waals surface area contributed by atoms with E-state index in [0.717, 1.165) is 42.7 Å². The maximum absolute atomic E-state index is 12.1. The van der Waals surface area contributed by atoms with E-state index in [4.69, 9.17) is 0 Å². The number of benzene rings is 1. The maximum Gasteiger partial charge on any atom is 0.223 e. The highest BCUT2D eigenvalue weighted by atomic mass is 16.2. The molecule has 0 radical (unpaired) electrons. The van der Waals surface area contributed by atoms with Crippen molar-refractivity contribution in [3.05, 3.63) is 29.3 Å². The molecule has 0 bridgehead atoms. The smallest absolute Gasteiger partial charge is 0.223 e. The van der Waals surface area contributed by atoms with Gasteiger partial charge in [0, 0.05) is 24.7 Å². The molecule has 0 aliphatic carbocycles. The zero-order valence-electron chi connectivity index (χ0n) is 12.9. The van der Waals surface area contributed by atoms with Gasteiger partial charge in [-0.3, -0.25) is 9.59 Å². The molecule has 0 saturated carbocycles. The van der Waals surface area contributed by atoms with Crippen LogP contribution >= 0.6 is 0 Å². The van der Waals surface area contributed by atoms with Crippen LogP contribution in [0.1, 0.15) is 49.0 Å². The van der Waals surface area contributed by atoms with Crippen LogP contribution in [-0.2, 0) is 11.2 Å². The molecular weight excluding hydrogens is 264 g/mol. The minimum absolute atomic E-state index is 0.0606. The molecule has 0 unspecified atom stereocenters. The lowest BCUT2D eigenvalue weighted by Crippen LogP contribution is -2.26. The first-order valence-electron chi connectivity index (χ1n) is 7.78. The average molecular weight is 288 g/mol. The van der Waals surface area contributed by atoms with Gasteiger partial charge in [0.1, 0.15) is 0 Å². The summed E-state index contributed by atoms with van der Waals surface area (Å²) >= 11 is 0. The van der Waals surface area contributed by atoms with Crippen molar-refractivity contribution >= 4 is 17.4 Å². The van der Waals surface area contributed by atoms with Gasteiger partial charge in [-0.1, -0.05) is 19.8 Å². The van der Waals surface area contributed by atoms with Crippen LogP contribution in [0, 0.1) is 0 Å². The SMILES string of the molecule is CCCCCNCC(=O)c1ccc2c(c1)CCN2C(C)=O. The van der Waals surface area contributed by atoms with Gasteiger partial charge < -0.3 is 10.2 Å². The van der Waals surface area contributed by atoms with Crippen molar-refractivity contribution in [2.75, 3.05) is 24.5 Å². The number of unbranched alkanes of at least 4 members (excludes halogenated alkanes) is 2. The summed E-state index contributed by atoms with van der Waals surface area (Å²) in [6.07, 6.45) is 4.33. The van der Waals surface area contributed by atoms with Crippen LogP contribution in [-0.4, -0.2) is 31.3 Å². The van der Waals surface area contributed by atoms with Crippen LogP contribution < -0.4 is 10.2 Å². The number of fused-ring (bicyclic) bond motifs is 1. The first-order valence-corrected chi connectivity index (χ1v) is 7.78. The number of amides is 1. The fraction of sp³-hybridized carbons (Fsp3) is 0.529. The highest BCUT2D eigenvalue weighted by Gasteiger charge is 2.22. The van der Waals surface area contributed by atoms with Gasteiger partial charge in [0.25, 0.3) is 0 Å². The van der Waals surface area contributed by atoms with Crippen LogP contribution in [0.2, 0.25) is 0 Å². The van der Waals surface area contributed by atoms with Crippen LogP contribution in [0.25, 0.3) is 0 Å². The molecule has 0 fully saturated rings. The predicted molar refractivity (Wildman–Crippen MR) is 84.9 cm³/mol. The quantitative estimate of drug-likeness (QED) is 0.619. The summed E-state index contributed by atoms with van der Waals surface area (Å²) in [4.78, 5) is 25.4. The Labute approximate surface area is 126 Å². The van der Waals surface area contributed by atoms with E-state index in [0.29, 0.717) is 6.54 Å². The van der Waals surface area contributed by atoms with E-state index in [-0.39, 0.29) is 11.7 Å². The molecule has 0 atom stereocenters. The number of carbonyl (C=O) groups is 2. The van der Waals surface area contributed by atoms with Crippen LogP contribution in [0.3, 0.4) is 0 Å². The van der Waals surface area contributed by atoms with E-state index in [2.05, 4.69) is 12.2 Å². The van der Waals surface area contributed by atoms with Crippen molar-refractivity contribution in [1.82, 2.24) is 5.32 Å². The van der Waals surface area contributed by atoms with Crippen molar-refractivity contribution < 1.29 is 9.59 Å². The number of anilines is 1. The lowest BCUT2D eigenvalue weighted by Gasteiger charge is -2.14. The molecule has 4 heteroatoms. The summed E-state index contributed by atoms with van der Waals surface area (Å²) in [6, 6.07) is 5.67. The Bertz CT molecular complexity index is 526. The number of nitrogens with zero attached hydrogens (tertiary/aromatic N) is 1. The number of hydrogen-bond acceptors (Lipinski definition) is 3. The highest BCUT2D eigenvalue weighted by Crippen LogP contribution is 2.28. The third-order valence-corrected chi connectivity index (χ3v) is 3.92. The third kappa shape index (κ3) is 3.91. The molecule has 114 valence electrons. The first kappa shape index (κ1) is 15.7. The van der Waals surface area contributed by atoms with Crippen LogP contribution in [0.15, 0.2) is 18.2 Å². The molecular formula is C17H24N2O2. The van der Waals surface area contributed by atoms with Crippen molar-refractivity contribution in [3.8, 4) is 0 Å². The Morgan fingerprint density at radius 3 is 2.81 bits per heavy atom. The Morgan fingerprint density at radius 1 is 1.29 bits per heavy atom. The Balaban J connectivity index is 1.93. The van der Waals surface area contributed by atoms with Gasteiger partial charge in [0.15, 0.2) is 5.78 Å². The molecule has 1 aliphatic rings. The predicted octanol–water partition coefficient (Wildman–Crippen LogP) is 2.56. The zero-order chi connectivity index (χ0) is 15.2. The van der Waals surface area contributed by atoms with Gasteiger partial charge >= 0.3 is 0 Å². The minimum atomic E-state index is 0.0606. The molecule has 1 N–H and O–H groups in total. The van der Waals surface area contributed by atoms with E-state index < -0.39 is 0 Å². The second-order valence-corrected chi connectivity index (χ2v) is 5.57. The lowest BCUT2D eigenvalue weighted by molar-refractivity contribution is -0.116. The zero-order valence-corrected chi connectivity index (χ0v) is 12.9. The number of carbonyl (C=O) groups excluding carboxylic acids is 2. The summed E-state index contributed by atoms with van der Waals surface area (Å²) in [5.41, 5.74) is 2.79. The van der Waals surface area contributed by atoms with Crippen molar-refractivity contribution in [2.45, 2.75) is 39.5 Å². The molecule has 21 heavy (non-hydrogen) atoms. The normalized spacial score (nSPS) is 13.3. The summed E-state index contributed by atoms with van der Waals surface area (Å²) in [6.45, 7) is 5.74. The fourth-order valence-electron chi connectivity index (χ4n) is 2.71. The lowest BCUT2D eigenvalue weighted by atomic mass is 10.1. The van der Waals surface area contributed by atoms with Crippen molar-refractivity contribution in [1.29, 1.82) is 0 Å². The summed E-state index contributed by atoms with van der Waals surface area (Å²) in [5.74, 6) is 0.181. The van der Waals surface area contributed by atoms with Crippen molar-refractivity contribution in [2.24, 2.45) is 0 Å². The molecule has 1 aromatic carbocycles. The summed E-state index contributed by atoms with van der Waals surface area (Å²) in [7, 11) is 0. The molecule has 1 amide bonds. The fourth-order valence-corrected chi connectivity index (χ4v) is 2.71. The number of nitrogens with one attached hydrogen (secondary N) is 1. The van der Waals surface area contributed by atoms with Crippen LogP contribution in [0.5, 0.6) is 0 Å². The topological polar surface area (TPSA) is 49.4 Å². The second kappa shape index (κ2) is 7.36. The van der Waals surface area contributed by atoms with Gasteiger partial charge in [-0.2, -0.15) is 0 Å². The number of Topliss-reactive ketones (excluding diaryl/α,β-unsaturated/α-hetero) is 1. The molecule has 1 aromatic rings. The van der Waals surface area contributed by atoms with E-state index in [9.17, 15) is 9.59 Å². The Hall–Kier alpha value is -1.68. The molecule has 0 spiro atoms. The van der Waals surface area contributed by atoms with Gasteiger partial charge in [-0.05, 0) is 43.1 Å². The monoisotopic (exact) mass is 288 g/mol. The molecule has 2 rings (SSSR count). The standard InChI is InChI=1S/C17H24N2O2/c1-3-4-5-9-18-12-17(21)15-6-7-16-14(11-15)8-10-19(16)13(2)20/h6-7,11,18H,3-5,8-10,12H2,1-2H3. The van der Waals surface area contributed by atoms with E-state index >= 15 is 0 Å². The molecule has 4 nitrogen and oxygen atoms in total. The Kier molecular flexibility index (Phi) is 5.51.